The van der Waals surface area contributed by atoms with Crippen LogP contribution in [-0.4, -0.2) is 36.0 Å². The van der Waals surface area contributed by atoms with Crippen LogP contribution < -0.4 is 20.7 Å². The molecule has 3 N–H and O–H groups in total. The van der Waals surface area contributed by atoms with Crippen molar-refractivity contribution in [2.75, 3.05) is 13.6 Å². The highest BCUT2D eigenvalue weighted by Crippen LogP contribution is 2.20. The molecule has 0 saturated carbocycles. The van der Waals surface area contributed by atoms with E-state index in [1.54, 1.807) is 19.3 Å². The molecule has 28 heavy (non-hydrogen) atoms. The lowest BCUT2D eigenvalue weighted by Crippen LogP contribution is -2.48. The molecule has 0 aliphatic heterocycles. The molecule has 0 unspecified atom stereocenters. The van der Waals surface area contributed by atoms with Gasteiger partial charge in [0.15, 0.2) is 5.96 Å². The Balaban J connectivity index is 1.87. The van der Waals surface area contributed by atoms with E-state index in [-0.39, 0.29) is 23.8 Å². The molecule has 0 radical (unpaired) electrons. The molecule has 1 aromatic carbocycles. The van der Waals surface area contributed by atoms with E-state index in [0.29, 0.717) is 24.1 Å². The van der Waals surface area contributed by atoms with Gasteiger partial charge in [0.2, 0.25) is 11.8 Å². The van der Waals surface area contributed by atoms with Crippen molar-refractivity contribution < 1.29 is 13.9 Å². The first-order chi connectivity index (χ1) is 13.2. The van der Waals surface area contributed by atoms with Crippen LogP contribution in [0.1, 0.15) is 26.3 Å². The number of guanidine groups is 1. The highest BCUT2D eigenvalue weighted by atomic mass is 19.1. The topological polar surface area (TPSA) is 87.6 Å². The van der Waals surface area contributed by atoms with Crippen LogP contribution in [-0.2, 0) is 11.3 Å². The Kier molecular flexibility index (Phi) is 7.31. The van der Waals surface area contributed by atoms with Crippen molar-refractivity contribution in [3.63, 3.8) is 0 Å². The minimum atomic E-state index is -0.326. The van der Waals surface area contributed by atoms with E-state index in [2.05, 4.69) is 25.9 Å². The summed E-state index contributed by atoms with van der Waals surface area (Å²) in [5.41, 5.74) is 0.627. The molecule has 0 aliphatic rings. The Morgan fingerprint density at radius 2 is 1.89 bits per heavy atom. The maximum atomic E-state index is 13.0. The van der Waals surface area contributed by atoms with Gasteiger partial charge in [-0.05, 0) is 56.7 Å². The van der Waals surface area contributed by atoms with Gasteiger partial charge in [-0.2, -0.15) is 0 Å². The number of aliphatic imine (C=N–C) groups is 1. The summed E-state index contributed by atoms with van der Waals surface area (Å²) in [7, 11) is 1.63. The molecule has 2 rings (SSSR count). The van der Waals surface area contributed by atoms with Crippen molar-refractivity contribution in [2.45, 2.75) is 32.9 Å². The first-order valence-corrected chi connectivity index (χ1v) is 8.89. The molecule has 8 heteroatoms. The van der Waals surface area contributed by atoms with Crippen LogP contribution in [0.5, 0.6) is 11.6 Å². The molecule has 0 spiro atoms. The summed E-state index contributed by atoms with van der Waals surface area (Å²) in [6, 6.07) is 9.34. The van der Waals surface area contributed by atoms with Crippen LogP contribution >= 0.6 is 0 Å². The lowest BCUT2D eigenvalue weighted by atomic mass is 10.1. The van der Waals surface area contributed by atoms with Gasteiger partial charge in [0.05, 0.1) is 6.54 Å². The monoisotopic (exact) mass is 387 g/mol. The number of nitrogens with zero attached hydrogens (tertiary/aromatic N) is 2. The quantitative estimate of drug-likeness (QED) is 0.524. The van der Waals surface area contributed by atoms with Crippen molar-refractivity contribution in [1.82, 2.24) is 20.9 Å². The predicted octanol–water partition coefficient (Wildman–Crippen LogP) is 2.59. The van der Waals surface area contributed by atoms with Crippen LogP contribution in [0.15, 0.2) is 47.6 Å². The minimum absolute atomic E-state index is 0.116. The van der Waals surface area contributed by atoms with E-state index < -0.39 is 0 Å². The van der Waals surface area contributed by atoms with E-state index in [1.165, 1.54) is 24.3 Å². The molecule has 0 fully saturated rings. The molecule has 1 aromatic heterocycles. The molecule has 0 bridgehead atoms. The van der Waals surface area contributed by atoms with Crippen LogP contribution in [0, 0.1) is 5.82 Å². The fourth-order valence-electron chi connectivity index (χ4n) is 2.27. The van der Waals surface area contributed by atoms with E-state index in [0.717, 1.165) is 5.56 Å². The van der Waals surface area contributed by atoms with Crippen LogP contribution in [0.4, 0.5) is 4.39 Å². The van der Waals surface area contributed by atoms with Gasteiger partial charge in [-0.25, -0.2) is 9.37 Å². The van der Waals surface area contributed by atoms with Crippen molar-refractivity contribution in [1.29, 1.82) is 0 Å². The number of carbonyl (C=O) groups is 1. The largest absolute Gasteiger partial charge is 0.439 e. The zero-order chi connectivity index (χ0) is 20.6. The zero-order valence-corrected chi connectivity index (χ0v) is 16.5. The number of carbonyl (C=O) groups excluding carboxylic acids is 1. The average Bonchev–Trinajstić information content (AvgIpc) is 2.63. The summed E-state index contributed by atoms with van der Waals surface area (Å²) >= 11 is 0. The third-order valence-electron chi connectivity index (χ3n) is 3.45. The molecule has 0 aliphatic carbocycles. The Labute approximate surface area is 164 Å². The Hall–Kier alpha value is -3.16. The summed E-state index contributed by atoms with van der Waals surface area (Å²) in [6.45, 7) is 6.35. The number of pyridine rings is 1. The number of ether oxygens (including phenoxy) is 1. The predicted molar refractivity (Wildman–Crippen MR) is 107 cm³/mol. The lowest BCUT2D eigenvalue weighted by molar-refractivity contribution is -0.121. The standard InChI is InChI=1S/C20H26FN5O2/c1-20(2,3)26-17(27)13-25-19(22-4)24-12-14-9-10-23-18(11-14)28-16-7-5-15(21)6-8-16/h5-11H,12-13H2,1-4H3,(H,26,27)(H2,22,24,25). The molecular weight excluding hydrogens is 361 g/mol. The van der Waals surface area contributed by atoms with Crippen molar-refractivity contribution in [3.05, 3.63) is 54.0 Å². The van der Waals surface area contributed by atoms with E-state index in [4.69, 9.17) is 4.74 Å². The fraction of sp³-hybridized carbons (Fsp3) is 0.350. The smallest absolute Gasteiger partial charge is 0.239 e. The normalized spacial score (nSPS) is 11.7. The SMILES string of the molecule is CN=C(NCC(=O)NC(C)(C)C)NCc1ccnc(Oc2ccc(F)cc2)c1. The van der Waals surface area contributed by atoms with E-state index >= 15 is 0 Å². The molecular formula is C20H26FN5O2. The van der Waals surface area contributed by atoms with Crippen LogP contribution in [0.25, 0.3) is 0 Å². The molecule has 2 aromatic rings. The summed E-state index contributed by atoms with van der Waals surface area (Å²) in [4.78, 5) is 20.1. The maximum Gasteiger partial charge on any atom is 0.239 e. The van der Waals surface area contributed by atoms with Gasteiger partial charge in [0, 0.05) is 31.4 Å². The van der Waals surface area contributed by atoms with Crippen LogP contribution in [0.3, 0.4) is 0 Å². The number of hydrogen-bond acceptors (Lipinski definition) is 4. The van der Waals surface area contributed by atoms with Gasteiger partial charge < -0.3 is 20.7 Å². The third kappa shape index (κ3) is 7.61. The summed E-state index contributed by atoms with van der Waals surface area (Å²) in [5, 5.41) is 8.97. The maximum absolute atomic E-state index is 13.0. The van der Waals surface area contributed by atoms with E-state index in [9.17, 15) is 9.18 Å². The van der Waals surface area contributed by atoms with Crippen molar-refractivity contribution in [3.8, 4) is 11.6 Å². The number of nitrogens with one attached hydrogen (secondary N) is 3. The lowest BCUT2D eigenvalue weighted by Gasteiger charge is -2.21. The average molecular weight is 387 g/mol. The Bertz CT molecular complexity index is 816. The number of halogens is 1. The first-order valence-electron chi connectivity index (χ1n) is 8.89. The second-order valence-corrected chi connectivity index (χ2v) is 7.14. The summed E-state index contributed by atoms with van der Waals surface area (Å²) in [6.07, 6.45) is 1.63. The van der Waals surface area contributed by atoms with E-state index in [1.807, 2.05) is 26.8 Å². The Morgan fingerprint density at radius 3 is 2.54 bits per heavy atom. The summed E-state index contributed by atoms with van der Waals surface area (Å²) < 4.78 is 18.6. The van der Waals surface area contributed by atoms with Crippen molar-refractivity contribution in [2.24, 2.45) is 4.99 Å². The zero-order valence-electron chi connectivity index (χ0n) is 16.5. The van der Waals surface area contributed by atoms with Gasteiger partial charge in [-0.1, -0.05) is 0 Å². The number of benzene rings is 1. The number of amides is 1. The molecule has 0 atom stereocenters. The molecule has 150 valence electrons. The number of rotatable bonds is 6. The van der Waals surface area contributed by atoms with Gasteiger partial charge in [-0.3, -0.25) is 9.79 Å². The first kappa shape index (κ1) is 21.1. The van der Waals surface area contributed by atoms with Gasteiger partial charge in [0.1, 0.15) is 11.6 Å². The fourth-order valence-corrected chi connectivity index (χ4v) is 2.27. The Morgan fingerprint density at radius 1 is 1.18 bits per heavy atom. The van der Waals surface area contributed by atoms with Gasteiger partial charge in [0.25, 0.3) is 0 Å². The third-order valence-corrected chi connectivity index (χ3v) is 3.45. The summed E-state index contributed by atoms with van der Waals surface area (Å²) in [5.74, 6) is 0.962. The second kappa shape index (κ2) is 9.68. The molecule has 1 amide bonds. The number of aromatic nitrogens is 1. The number of hydrogen-bond donors (Lipinski definition) is 3. The van der Waals surface area contributed by atoms with Crippen molar-refractivity contribution >= 4 is 11.9 Å². The molecule has 7 nitrogen and oxygen atoms in total. The highest BCUT2D eigenvalue weighted by molar-refractivity contribution is 5.86. The molecule has 1 heterocycles. The minimum Gasteiger partial charge on any atom is -0.439 e. The highest BCUT2D eigenvalue weighted by Gasteiger charge is 2.13. The van der Waals surface area contributed by atoms with Crippen LogP contribution in [0.2, 0.25) is 0 Å². The van der Waals surface area contributed by atoms with Gasteiger partial charge in [-0.15, -0.1) is 0 Å². The van der Waals surface area contributed by atoms with Gasteiger partial charge >= 0.3 is 0 Å². The second-order valence-electron chi connectivity index (χ2n) is 7.14. The molecule has 0 saturated heterocycles.